The molecule has 1 saturated heterocycles. The minimum absolute atomic E-state index is 0.462. The number of carbonyl (C=O) groups is 1. The van der Waals surface area contributed by atoms with Gasteiger partial charge in [-0.15, -0.1) is 11.3 Å². The van der Waals surface area contributed by atoms with E-state index >= 15 is 0 Å². The molecular weight excluding hydrogens is 388 g/mol. The summed E-state index contributed by atoms with van der Waals surface area (Å²) in [6.07, 6.45) is 0. The monoisotopic (exact) mass is 412 g/mol. The van der Waals surface area contributed by atoms with Gasteiger partial charge in [0.05, 0.1) is 30.7 Å². The zero-order chi connectivity index (χ0) is 20.4. The van der Waals surface area contributed by atoms with Crippen molar-refractivity contribution in [1.29, 1.82) is 0 Å². The number of nitrogens with zero attached hydrogens (tertiary/aromatic N) is 2. The molecule has 3 N–H and O–H groups in total. The molecule has 8 heteroatoms. The fraction of sp³-hybridized carbons (Fsp3) is 0.333. The summed E-state index contributed by atoms with van der Waals surface area (Å²) in [5, 5.41) is 3.89. The normalized spacial score (nSPS) is 14.3. The summed E-state index contributed by atoms with van der Waals surface area (Å²) >= 11 is 1.56. The SMILES string of the molecule is CNCc1ccc(C(N)=O)c(-c2nc3c(OC)ccc(N4CCOCC4)c3s2)c1. The minimum Gasteiger partial charge on any atom is -0.494 e. The molecule has 2 heterocycles. The Labute approximate surface area is 173 Å². The molecular formula is C21H24N4O3S. The highest BCUT2D eigenvalue weighted by molar-refractivity contribution is 7.22. The summed E-state index contributed by atoms with van der Waals surface area (Å²) in [7, 11) is 3.53. The van der Waals surface area contributed by atoms with Gasteiger partial charge in [0.15, 0.2) is 0 Å². The lowest BCUT2D eigenvalue weighted by Crippen LogP contribution is -2.36. The smallest absolute Gasteiger partial charge is 0.249 e. The van der Waals surface area contributed by atoms with Crippen LogP contribution in [0.2, 0.25) is 0 Å². The predicted molar refractivity (Wildman–Crippen MR) is 116 cm³/mol. The summed E-state index contributed by atoms with van der Waals surface area (Å²) in [5.74, 6) is 0.252. The maximum Gasteiger partial charge on any atom is 0.249 e. The Morgan fingerprint density at radius 3 is 2.79 bits per heavy atom. The molecule has 1 aliphatic heterocycles. The molecule has 0 radical (unpaired) electrons. The third kappa shape index (κ3) is 3.78. The van der Waals surface area contributed by atoms with Crippen LogP contribution in [0.1, 0.15) is 15.9 Å². The average Bonchev–Trinajstić information content (AvgIpc) is 3.19. The number of thiazole rings is 1. The van der Waals surface area contributed by atoms with Gasteiger partial charge in [-0.25, -0.2) is 4.98 Å². The topological polar surface area (TPSA) is 89.7 Å². The molecule has 0 atom stereocenters. The molecule has 0 aliphatic carbocycles. The van der Waals surface area contributed by atoms with Gasteiger partial charge in [0, 0.05) is 30.8 Å². The van der Waals surface area contributed by atoms with Crippen LogP contribution in [0.25, 0.3) is 20.8 Å². The number of hydrogen-bond acceptors (Lipinski definition) is 7. The van der Waals surface area contributed by atoms with Crippen molar-refractivity contribution in [3.05, 3.63) is 41.5 Å². The number of carbonyl (C=O) groups excluding carboxylic acids is 1. The summed E-state index contributed by atoms with van der Waals surface area (Å²) in [4.78, 5) is 19.2. The second-order valence-corrected chi connectivity index (χ2v) is 7.86. The van der Waals surface area contributed by atoms with Crippen molar-refractivity contribution in [3.8, 4) is 16.3 Å². The van der Waals surface area contributed by atoms with Gasteiger partial charge in [0.25, 0.3) is 0 Å². The summed E-state index contributed by atoms with van der Waals surface area (Å²) in [5.41, 5.74) is 9.84. The van der Waals surface area contributed by atoms with E-state index in [2.05, 4.69) is 16.3 Å². The molecule has 0 spiro atoms. The Kier molecular flexibility index (Phi) is 5.66. The van der Waals surface area contributed by atoms with E-state index < -0.39 is 5.91 Å². The van der Waals surface area contributed by atoms with Crippen molar-refractivity contribution < 1.29 is 14.3 Å². The number of hydrogen-bond donors (Lipinski definition) is 2. The summed E-state index contributed by atoms with van der Waals surface area (Å²) in [6.45, 7) is 3.77. The molecule has 0 unspecified atom stereocenters. The Hall–Kier alpha value is -2.68. The number of nitrogens with one attached hydrogen (secondary N) is 1. The number of benzene rings is 2. The van der Waals surface area contributed by atoms with Gasteiger partial charge in [0.2, 0.25) is 5.91 Å². The van der Waals surface area contributed by atoms with Crippen LogP contribution in [0.4, 0.5) is 5.69 Å². The van der Waals surface area contributed by atoms with Crippen LogP contribution in [0, 0.1) is 0 Å². The Morgan fingerprint density at radius 2 is 2.10 bits per heavy atom. The van der Waals surface area contributed by atoms with Crippen molar-refractivity contribution in [3.63, 3.8) is 0 Å². The van der Waals surface area contributed by atoms with Gasteiger partial charge in [-0.2, -0.15) is 0 Å². The fourth-order valence-corrected chi connectivity index (χ4v) is 4.75. The standard InChI is InChI=1S/C21H24N4O3S/c1-23-12-13-3-4-14(20(22)26)15(11-13)21-24-18-17(27-2)6-5-16(19(18)29-21)25-7-9-28-10-8-25/h3-6,11,23H,7-10,12H2,1-2H3,(H2,22,26). The van der Waals surface area contributed by atoms with Gasteiger partial charge >= 0.3 is 0 Å². The molecule has 0 saturated carbocycles. The highest BCUT2D eigenvalue weighted by Gasteiger charge is 2.21. The lowest BCUT2D eigenvalue weighted by atomic mass is 10.0. The third-order valence-corrected chi connectivity index (χ3v) is 6.13. The zero-order valence-corrected chi connectivity index (χ0v) is 17.3. The number of rotatable bonds is 6. The number of ether oxygens (including phenoxy) is 2. The maximum absolute atomic E-state index is 12.1. The van der Waals surface area contributed by atoms with Gasteiger partial charge in [-0.3, -0.25) is 4.79 Å². The first-order valence-corrected chi connectivity index (χ1v) is 10.3. The van der Waals surface area contributed by atoms with Crippen LogP contribution in [-0.4, -0.2) is 51.4 Å². The largest absolute Gasteiger partial charge is 0.494 e. The fourth-order valence-electron chi connectivity index (χ4n) is 3.60. The van der Waals surface area contributed by atoms with E-state index in [1.54, 1.807) is 24.5 Å². The molecule has 1 aromatic heterocycles. The highest BCUT2D eigenvalue weighted by atomic mass is 32.1. The van der Waals surface area contributed by atoms with E-state index in [1.165, 1.54) is 0 Å². The number of fused-ring (bicyclic) bond motifs is 1. The number of morpholine rings is 1. The van der Waals surface area contributed by atoms with Crippen LogP contribution < -0.4 is 20.7 Å². The van der Waals surface area contributed by atoms with Gasteiger partial charge < -0.3 is 25.4 Å². The number of primary amides is 1. The van der Waals surface area contributed by atoms with Crippen LogP contribution in [0.5, 0.6) is 5.75 Å². The molecule has 29 heavy (non-hydrogen) atoms. The van der Waals surface area contributed by atoms with E-state index in [-0.39, 0.29) is 0 Å². The second kappa shape index (κ2) is 8.36. The zero-order valence-electron chi connectivity index (χ0n) is 16.5. The van der Waals surface area contributed by atoms with Gasteiger partial charge in [-0.1, -0.05) is 6.07 Å². The minimum atomic E-state index is -0.462. The van der Waals surface area contributed by atoms with Gasteiger partial charge in [0.1, 0.15) is 16.3 Å². The lowest BCUT2D eigenvalue weighted by Gasteiger charge is -2.29. The molecule has 7 nitrogen and oxygen atoms in total. The summed E-state index contributed by atoms with van der Waals surface area (Å²) in [6, 6.07) is 9.68. The van der Waals surface area contributed by atoms with E-state index in [4.69, 9.17) is 20.2 Å². The van der Waals surface area contributed by atoms with Crippen LogP contribution >= 0.6 is 11.3 Å². The van der Waals surface area contributed by atoms with E-state index in [9.17, 15) is 4.79 Å². The highest BCUT2D eigenvalue weighted by Crippen LogP contribution is 2.41. The van der Waals surface area contributed by atoms with Crippen LogP contribution in [0.3, 0.4) is 0 Å². The Morgan fingerprint density at radius 1 is 1.31 bits per heavy atom. The van der Waals surface area contributed by atoms with Crippen molar-refractivity contribution in [2.75, 3.05) is 45.4 Å². The lowest BCUT2D eigenvalue weighted by molar-refractivity contribution is 0.100. The second-order valence-electron chi connectivity index (χ2n) is 6.86. The number of methoxy groups -OCH3 is 1. The Bertz CT molecular complexity index is 1040. The molecule has 1 aliphatic rings. The molecule has 152 valence electrons. The summed E-state index contributed by atoms with van der Waals surface area (Å²) < 4.78 is 12.1. The quantitative estimate of drug-likeness (QED) is 0.647. The number of aromatic nitrogens is 1. The van der Waals surface area contributed by atoms with Crippen molar-refractivity contribution in [2.45, 2.75) is 6.54 Å². The maximum atomic E-state index is 12.1. The molecule has 2 aromatic carbocycles. The number of amides is 1. The molecule has 0 bridgehead atoms. The Balaban J connectivity index is 1.89. The van der Waals surface area contributed by atoms with E-state index in [0.717, 1.165) is 45.1 Å². The predicted octanol–water partition coefficient (Wildman–Crippen LogP) is 2.63. The van der Waals surface area contributed by atoms with Crippen molar-refractivity contribution in [2.24, 2.45) is 5.73 Å². The first kappa shape index (κ1) is 19.6. The average molecular weight is 413 g/mol. The van der Waals surface area contributed by atoms with E-state index in [1.807, 2.05) is 25.2 Å². The number of nitrogens with two attached hydrogens (primary N) is 1. The van der Waals surface area contributed by atoms with Crippen LogP contribution in [-0.2, 0) is 11.3 Å². The van der Waals surface area contributed by atoms with Crippen molar-refractivity contribution >= 4 is 33.1 Å². The van der Waals surface area contributed by atoms with Crippen molar-refractivity contribution in [1.82, 2.24) is 10.3 Å². The van der Waals surface area contributed by atoms with Crippen LogP contribution in [0.15, 0.2) is 30.3 Å². The molecule has 4 rings (SSSR count). The number of anilines is 1. The third-order valence-electron chi connectivity index (χ3n) is 5.02. The first-order chi connectivity index (χ1) is 14.1. The first-order valence-electron chi connectivity index (χ1n) is 9.50. The molecule has 1 amide bonds. The molecule has 3 aromatic rings. The molecule has 1 fully saturated rings. The van der Waals surface area contributed by atoms with Gasteiger partial charge in [-0.05, 0) is 36.9 Å². The van der Waals surface area contributed by atoms with E-state index in [0.29, 0.717) is 31.1 Å².